The van der Waals surface area contributed by atoms with Crippen LogP contribution in [-0.4, -0.2) is 31.8 Å². The van der Waals surface area contributed by atoms with Crippen molar-refractivity contribution in [3.05, 3.63) is 23.8 Å². The normalized spacial score (nSPS) is 11.2. The monoisotopic (exact) mass is 257 g/mol. The van der Waals surface area contributed by atoms with Gasteiger partial charge in [0.25, 0.3) is 0 Å². The van der Waals surface area contributed by atoms with Gasteiger partial charge >= 0.3 is 0 Å². The predicted molar refractivity (Wildman–Crippen MR) is 64.6 cm³/mol. The number of hydrogen-bond acceptors (Lipinski definition) is 4. The number of aliphatic hydroxyl groups excluding tert-OH is 1. The molecule has 0 radical (unpaired) electrons. The number of anilines is 1. The molecule has 0 fully saturated rings. The molecule has 0 aromatic heterocycles. The van der Waals surface area contributed by atoms with Crippen LogP contribution in [0.2, 0.25) is 0 Å². The summed E-state index contributed by atoms with van der Waals surface area (Å²) in [6.45, 7) is 2.59. The first-order chi connectivity index (χ1) is 7.86. The standard InChI is InChI=1S/C11H15NO4S/c1-8-3-4-10(12-9(2)14)7-11(8)17(15,16)6-5-13/h3-4,7,13H,5-6H2,1-2H3,(H,12,14). The Morgan fingerprint density at radius 3 is 2.59 bits per heavy atom. The smallest absolute Gasteiger partial charge is 0.221 e. The van der Waals surface area contributed by atoms with Crippen LogP contribution in [0.1, 0.15) is 12.5 Å². The van der Waals surface area contributed by atoms with Crippen molar-refractivity contribution in [2.45, 2.75) is 18.7 Å². The highest BCUT2D eigenvalue weighted by Crippen LogP contribution is 2.21. The highest BCUT2D eigenvalue weighted by atomic mass is 32.2. The summed E-state index contributed by atoms with van der Waals surface area (Å²) in [5, 5.41) is 11.2. The molecular weight excluding hydrogens is 242 g/mol. The molecule has 1 aromatic carbocycles. The summed E-state index contributed by atoms with van der Waals surface area (Å²) in [6, 6.07) is 4.66. The summed E-state index contributed by atoms with van der Waals surface area (Å²) in [5.41, 5.74) is 1.02. The molecule has 6 heteroatoms. The fourth-order valence-electron chi connectivity index (χ4n) is 1.45. The van der Waals surface area contributed by atoms with Crippen LogP contribution in [0.5, 0.6) is 0 Å². The van der Waals surface area contributed by atoms with E-state index >= 15 is 0 Å². The van der Waals surface area contributed by atoms with Crippen molar-refractivity contribution in [2.24, 2.45) is 0 Å². The topological polar surface area (TPSA) is 83.5 Å². The van der Waals surface area contributed by atoms with E-state index < -0.39 is 16.4 Å². The Balaban J connectivity index is 3.19. The molecule has 0 spiro atoms. The van der Waals surface area contributed by atoms with Gasteiger partial charge in [0.2, 0.25) is 5.91 Å². The molecule has 94 valence electrons. The van der Waals surface area contributed by atoms with Crippen molar-refractivity contribution in [2.75, 3.05) is 17.7 Å². The van der Waals surface area contributed by atoms with E-state index in [4.69, 9.17) is 5.11 Å². The van der Waals surface area contributed by atoms with Gasteiger partial charge in [0.15, 0.2) is 9.84 Å². The number of nitrogens with one attached hydrogen (secondary N) is 1. The van der Waals surface area contributed by atoms with E-state index in [1.54, 1.807) is 19.1 Å². The average Bonchev–Trinajstić information content (AvgIpc) is 2.20. The van der Waals surface area contributed by atoms with Gasteiger partial charge in [0.1, 0.15) is 0 Å². The van der Waals surface area contributed by atoms with Crippen LogP contribution in [0.25, 0.3) is 0 Å². The Morgan fingerprint density at radius 2 is 2.06 bits per heavy atom. The molecule has 0 saturated heterocycles. The number of carbonyl (C=O) groups excluding carboxylic acids is 1. The summed E-state index contributed by atoms with van der Waals surface area (Å²) in [5.74, 6) is -0.587. The number of benzene rings is 1. The summed E-state index contributed by atoms with van der Waals surface area (Å²) in [7, 11) is -3.50. The molecule has 5 nitrogen and oxygen atoms in total. The van der Waals surface area contributed by atoms with Crippen molar-refractivity contribution in [1.29, 1.82) is 0 Å². The highest BCUT2D eigenvalue weighted by Gasteiger charge is 2.17. The fraction of sp³-hybridized carbons (Fsp3) is 0.364. The predicted octanol–water partition coefficient (Wildman–Crippen LogP) is 0.719. The van der Waals surface area contributed by atoms with Crippen molar-refractivity contribution in [1.82, 2.24) is 0 Å². The molecule has 0 aliphatic rings. The second-order valence-electron chi connectivity index (χ2n) is 3.70. The van der Waals surface area contributed by atoms with Gasteiger partial charge in [-0.2, -0.15) is 0 Å². The molecule has 0 heterocycles. The molecule has 1 aromatic rings. The minimum atomic E-state index is -3.50. The van der Waals surface area contributed by atoms with Crippen LogP contribution in [0, 0.1) is 6.92 Å². The van der Waals surface area contributed by atoms with Gasteiger partial charge in [-0.1, -0.05) is 6.07 Å². The number of amides is 1. The minimum absolute atomic E-state index is 0.137. The maximum atomic E-state index is 11.8. The van der Waals surface area contributed by atoms with Gasteiger partial charge in [-0.15, -0.1) is 0 Å². The first-order valence-electron chi connectivity index (χ1n) is 5.08. The molecule has 0 saturated carbocycles. The lowest BCUT2D eigenvalue weighted by Crippen LogP contribution is -2.13. The minimum Gasteiger partial charge on any atom is -0.395 e. The zero-order valence-corrected chi connectivity index (χ0v) is 10.5. The van der Waals surface area contributed by atoms with Gasteiger partial charge in [-0.05, 0) is 24.6 Å². The highest BCUT2D eigenvalue weighted by molar-refractivity contribution is 7.91. The molecule has 0 aliphatic carbocycles. The quantitative estimate of drug-likeness (QED) is 0.832. The summed E-state index contributed by atoms with van der Waals surface area (Å²) in [4.78, 5) is 11.0. The molecule has 0 unspecified atom stereocenters. The van der Waals surface area contributed by atoms with Crippen LogP contribution >= 0.6 is 0 Å². The second-order valence-corrected chi connectivity index (χ2v) is 5.78. The summed E-state index contributed by atoms with van der Waals surface area (Å²) >= 11 is 0. The first kappa shape index (κ1) is 13.7. The van der Waals surface area contributed by atoms with Gasteiger partial charge in [-0.25, -0.2) is 8.42 Å². The Hall–Kier alpha value is -1.40. The Morgan fingerprint density at radius 1 is 1.41 bits per heavy atom. The molecule has 0 bridgehead atoms. The fourth-order valence-corrected chi connectivity index (χ4v) is 2.77. The number of aryl methyl sites for hydroxylation is 1. The van der Waals surface area contributed by atoms with Crippen molar-refractivity contribution < 1.29 is 18.3 Å². The molecule has 0 aliphatic heterocycles. The Kier molecular flexibility index (Phi) is 4.25. The van der Waals surface area contributed by atoms with E-state index in [0.717, 1.165) is 0 Å². The van der Waals surface area contributed by atoms with Gasteiger partial charge in [0.05, 0.1) is 17.3 Å². The third-order valence-corrected chi connectivity index (χ3v) is 4.03. The lowest BCUT2D eigenvalue weighted by atomic mass is 10.2. The van der Waals surface area contributed by atoms with Crippen molar-refractivity contribution >= 4 is 21.4 Å². The van der Waals surface area contributed by atoms with Crippen molar-refractivity contribution in [3.63, 3.8) is 0 Å². The lowest BCUT2D eigenvalue weighted by Gasteiger charge is -2.09. The van der Waals surface area contributed by atoms with E-state index in [1.165, 1.54) is 13.0 Å². The summed E-state index contributed by atoms with van der Waals surface area (Å²) < 4.78 is 23.6. The van der Waals surface area contributed by atoms with E-state index in [-0.39, 0.29) is 16.6 Å². The molecule has 17 heavy (non-hydrogen) atoms. The van der Waals surface area contributed by atoms with Gasteiger partial charge in [0, 0.05) is 12.6 Å². The largest absolute Gasteiger partial charge is 0.395 e. The lowest BCUT2D eigenvalue weighted by molar-refractivity contribution is -0.114. The van der Waals surface area contributed by atoms with E-state index in [9.17, 15) is 13.2 Å². The number of sulfone groups is 1. The Bertz CT molecular complexity index is 522. The number of carbonyl (C=O) groups is 1. The third kappa shape index (κ3) is 3.54. The average molecular weight is 257 g/mol. The summed E-state index contributed by atoms with van der Waals surface area (Å²) in [6.07, 6.45) is 0. The zero-order valence-electron chi connectivity index (χ0n) is 9.73. The Labute approximate surface area is 100 Å². The zero-order chi connectivity index (χ0) is 13.1. The maximum absolute atomic E-state index is 11.8. The van der Waals surface area contributed by atoms with Crippen LogP contribution < -0.4 is 5.32 Å². The van der Waals surface area contributed by atoms with Crippen molar-refractivity contribution in [3.8, 4) is 0 Å². The van der Waals surface area contributed by atoms with E-state index in [0.29, 0.717) is 11.3 Å². The maximum Gasteiger partial charge on any atom is 0.221 e. The number of aliphatic hydroxyl groups is 1. The molecule has 1 amide bonds. The third-order valence-electron chi connectivity index (χ3n) is 2.20. The molecule has 0 atom stereocenters. The molecular formula is C11H15NO4S. The number of rotatable bonds is 4. The second kappa shape index (κ2) is 5.29. The van der Waals surface area contributed by atoms with Gasteiger partial charge < -0.3 is 10.4 Å². The first-order valence-corrected chi connectivity index (χ1v) is 6.74. The van der Waals surface area contributed by atoms with Crippen LogP contribution in [0.4, 0.5) is 5.69 Å². The van der Waals surface area contributed by atoms with E-state index in [2.05, 4.69) is 5.32 Å². The SMILES string of the molecule is CC(=O)Nc1ccc(C)c(S(=O)(=O)CCO)c1. The van der Waals surface area contributed by atoms with Crippen LogP contribution in [-0.2, 0) is 14.6 Å². The van der Waals surface area contributed by atoms with Gasteiger partial charge in [-0.3, -0.25) is 4.79 Å². The number of hydrogen-bond donors (Lipinski definition) is 2. The van der Waals surface area contributed by atoms with Crippen LogP contribution in [0.3, 0.4) is 0 Å². The van der Waals surface area contributed by atoms with E-state index in [1.807, 2.05) is 0 Å². The van der Waals surface area contributed by atoms with Crippen LogP contribution in [0.15, 0.2) is 23.1 Å². The molecule has 2 N–H and O–H groups in total. The molecule has 1 rings (SSSR count).